The number of hydrogen-bond donors (Lipinski definition) is 0. The van der Waals surface area contributed by atoms with E-state index in [0.717, 1.165) is 0 Å². The number of halogens is 3. The van der Waals surface area contributed by atoms with Crippen LogP contribution in [-0.4, -0.2) is 23.1 Å². The van der Waals surface area contributed by atoms with Gasteiger partial charge in [-0.15, -0.1) is 0 Å². The van der Waals surface area contributed by atoms with Gasteiger partial charge in [0.25, 0.3) is 0 Å². The molecule has 0 saturated carbocycles. The van der Waals surface area contributed by atoms with E-state index in [2.05, 4.69) is 0 Å². The van der Waals surface area contributed by atoms with Crippen molar-refractivity contribution >= 4 is 23.1 Å². The topological polar surface area (TPSA) is 0 Å². The quantitative estimate of drug-likeness (QED) is 0.288. The van der Waals surface area contributed by atoms with Gasteiger partial charge in [0, 0.05) is 0 Å². The Labute approximate surface area is 54.7 Å². The third kappa shape index (κ3) is 41.0. The Kier molecular flexibility index (Phi) is 1910. The van der Waals surface area contributed by atoms with Crippen LogP contribution >= 0.6 is 0 Å². The molecule has 0 fully saturated rings. The predicted molar refractivity (Wildman–Crippen MR) is 5.75 cm³/mol. The van der Waals surface area contributed by atoms with Crippen LogP contribution in [0.2, 0.25) is 0 Å². The first kappa shape index (κ1) is 133. The summed E-state index contributed by atoms with van der Waals surface area (Å²) < 4.78 is 0. The van der Waals surface area contributed by atoms with Crippen molar-refractivity contribution in [1.29, 1.82) is 0 Å². The van der Waals surface area contributed by atoms with E-state index in [1.165, 1.54) is 0 Å². The van der Waals surface area contributed by atoms with Crippen LogP contribution in [0.15, 0.2) is 0 Å². The van der Waals surface area contributed by atoms with Crippen molar-refractivity contribution in [2.75, 3.05) is 0 Å². The molecule has 0 nitrogen and oxygen atoms in total. The smallest absolute Gasteiger partial charge is 1.00 e. The van der Waals surface area contributed by atoms with Gasteiger partial charge >= 0.3 is 40.4 Å². The van der Waals surface area contributed by atoms with Crippen molar-refractivity contribution in [3.05, 3.63) is 0 Å². The zero-order valence-electron chi connectivity index (χ0n) is 2.25. The second-order valence-corrected chi connectivity index (χ2v) is 0. The molecule has 0 aromatic rings. The summed E-state index contributed by atoms with van der Waals surface area (Å²) in [7, 11) is 0. The van der Waals surface area contributed by atoms with Gasteiger partial charge in [0.05, 0.1) is 0 Å². The van der Waals surface area contributed by atoms with Crippen molar-refractivity contribution in [3.63, 3.8) is 0 Å². The molecule has 0 aliphatic carbocycles. The maximum Gasteiger partial charge on any atom is 3.00 e. The van der Waals surface area contributed by atoms with Gasteiger partial charge in [0.15, 0.2) is 0 Å². The molecule has 5 heteroatoms. The molecule has 0 aromatic heterocycles. The van der Waals surface area contributed by atoms with E-state index in [-0.39, 0.29) is 54.5 Å². The zero-order chi connectivity index (χ0) is 0. The Morgan fingerprint density at radius 3 is 0.600 bits per heavy atom. The van der Waals surface area contributed by atoms with Gasteiger partial charge in [-0.1, -0.05) is 0 Å². The minimum Gasteiger partial charge on any atom is -1.00 e. The Morgan fingerprint density at radius 2 is 0.600 bits per heavy atom. The van der Waals surface area contributed by atoms with Crippen molar-refractivity contribution in [1.82, 2.24) is 0 Å². The molecular weight excluding hydrogens is 133 g/mol. The summed E-state index contributed by atoms with van der Waals surface area (Å²) in [6.45, 7) is 0. The van der Waals surface area contributed by atoms with Crippen LogP contribution < -0.4 is 14.1 Å². The molecule has 1 radical (unpaired) electrons. The molecule has 0 atom stereocenters. The molecule has 0 unspecified atom stereocenters. The Balaban J connectivity index is 0. The van der Waals surface area contributed by atoms with Crippen LogP contribution in [0, 0.1) is 0 Å². The van der Waals surface area contributed by atoms with Gasteiger partial charge in [0.1, 0.15) is 0 Å². The fourth-order valence-corrected chi connectivity index (χ4v) is 0. The van der Waals surface area contributed by atoms with Crippen LogP contribution in [0.5, 0.6) is 0 Å². The van der Waals surface area contributed by atoms with Crippen LogP contribution in [0.3, 0.4) is 0 Å². The summed E-state index contributed by atoms with van der Waals surface area (Å²) in [6.07, 6.45) is 0. The molecule has 0 amide bonds. The van der Waals surface area contributed by atoms with E-state index >= 15 is 0 Å². The van der Waals surface area contributed by atoms with Crippen molar-refractivity contribution in [2.45, 2.75) is 0 Å². The molecule has 0 bridgehead atoms. The maximum absolute atomic E-state index is 0. The molecule has 5 heavy (non-hydrogen) atoms. The molecule has 0 aromatic carbocycles. The Morgan fingerprint density at radius 1 is 0.600 bits per heavy atom. The SMILES string of the molecule is [Cr+3].[F-].[F-].[F-].[Mg+2]. The van der Waals surface area contributed by atoms with Crippen LogP contribution in [0.4, 0.5) is 0 Å². The third-order valence-electron chi connectivity index (χ3n) is 0. The first-order chi connectivity index (χ1) is 0. The normalized spacial score (nSPS) is 0. The summed E-state index contributed by atoms with van der Waals surface area (Å²) in [4.78, 5) is 0. The monoisotopic (exact) mass is 133 g/mol. The van der Waals surface area contributed by atoms with Gasteiger partial charge in [0.2, 0.25) is 0 Å². The van der Waals surface area contributed by atoms with Crippen LogP contribution in [0.25, 0.3) is 0 Å². The van der Waals surface area contributed by atoms with E-state index in [1.807, 2.05) is 0 Å². The third-order valence-corrected chi connectivity index (χ3v) is 0. The molecular formula is CrF3Mg+2. The number of rotatable bonds is 0. The summed E-state index contributed by atoms with van der Waals surface area (Å²) in [5, 5.41) is 0. The fraction of sp³-hybridized carbons (Fsp3) is 0. The fourth-order valence-electron chi connectivity index (χ4n) is 0. The van der Waals surface area contributed by atoms with E-state index in [4.69, 9.17) is 0 Å². The van der Waals surface area contributed by atoms with E-state index in [9.17, 15) is 0 Å². The molecule has 0 heterocycles. The average Bonchev–Trinajstić information content (AvgIpc) is 0. The molecule has 0 saturated heterocycles. The summed E-state index contributed by atoms with van der Waals surface area (Å²) in [5.41, 5.74) is 0. The molecule has 0 aliphatic heterocycles. The summed E-state index contributed by atoms with van der Waals surface area (Å²) >= 11 is 0. The van der Waals surface area contributed by atoms with Gasteiger partial charge in [-0.2, -0.15) is 0 Å². The van der Waals surface area contributed by atoms with Gasteiger partial charge in [-0.05, 0) is 0 Å². The van der Waals surface area contributed by atoms with E-state index in [0.29, 0.717) is 0 Å². The standard InChI is InChI=1S/Cr.3FH.Mg/h;3*1H;/q+3;;;;+2/p-3. The largest absolute Gasteiger partial charge is 3.00 e. The minimum absolute atomic E-state index is 0. The van der Waals surface area contributed by atoms with Crippen molar-refractivity contribution in [3.8, 4) is 0 Å². The number of hydrogen-bond acceptors (Lipinski definition) is 0. The average molecular weight is 133 g/mol. The second kappa shape index (κ2) is 71.8. The summed E-state index contributed by atoms with van der Waals surface area (Å²) in [6, 6.07) is 0. The van der Waals surface area contributed by atoms with Gasteiger partial charge in [-0.3, -0.25) is 0 Å². The van der Waals surface area contributed by atoms with E-state index in [1.54, 1.807) is 0 Å². The van der Waals surface area contributed by atoms with E-state index < -0.39 is 0 Å². The maximum atomic E-state index is 0. The van der Waals surface area contributed by atoms with Crippen LogP contribution in [0.1, 0.15) is 0 Å². The van der Waals surface area contributed by atoms with Crippen molar-refractivity contribution in [2.24, 2.45) is 0 Å². The molecule has 0 spiro atoms. The minimum atomic E-state index is 0. The van der Waals surface area contributed by atoms with Crippen LogP contribution in [-0.2, 0) is 17.4 Å². The molecule has 0 aliphatic rings. The molecule has 0 N–H and O–H groups in total. The molecule has 27 valence electrons. The van der Waals surface area contributed by atoms with Crippen molar-refractivity contribution < 1.29 is 31.5 Å². The first-order valence-electron chi connectivity index (χ1n) is 0. The Hall–Kier alpha value is 1.09. The summed E-state index contributed by atoms with van der Waals surface area (Å²) in [5.74, 6) is 0. The second-order valence-electron chi connectivity index (χ2n) is 0. The zero-order valence-corrected chi connectivity index (χ0v) is 4.94. The predicted octanol–water partition coefficient (Wildman–Crippen LogP) is -9.37. The van der Waals surface area contributed by atoms with Gasteiger partial charge in [-0.25, -0.2) is 0 Å². The Bertz CT molecular complexity index is 6.85. The van der Waals surface area contributed by atoms with Gasteiger partial charge < -0.3 is 14.1 Å². The first-order valence-corrected chi connectivity index (χ1v) is 0. The molecule has 0 rings (SSSR count).